The summed E-state index contributed by atoms with van der Waals surface area (Å²) < 4.78 is 37.4. The lowest BCUT2D eigenvalue weighted by Crippen LogP contribution is -2.46. The molecule has 3 heterocycles. The van der Waals surface area contributed by atoms with Crippen LogP contribution in [0, 0.1) is 5.92 Å². The van der Waals surface area contributed by atoms with Crippen molar-refractivity contribution in [1.82, 2.24) is 25.3 Å². The predicted molar refractivity (Wildman–Crippen MR) is 108 cm³/mol. The summed E-state index contributed by atoms with van der Waals surface area (Å²) in [5.41, 5.74) is 1.27. The third-order valence-corrected chi connectivity index (χ3v) is 4.86. The van der Waals surface area contributed by atoms with Crippen LogP contribution in [-0.4, -0.2) is 44.6 Å². The van der Waals surface area contributed by atoms with Crippen LogP contribution in [0.5, 0.6) is 0 Å². The van der Waals surface area contributed by atoms with Crippen LogP contribution >= 0.6 is 11.6 Å². The van der Waals surface area contributed by atoms with Crippen molar-refractivity contribution in [2.24, 2.45) is 5.92 Å². The highest BCUT2D eigenvalue weighted by Gasteiger charge is 2.31. The first-order valence-corrected chi connectivity index (χ1v) is 9.62. The zero-order valence-electron chi connectivity index (χ0n) is 16.2. The number of pyridine rings is 1. The number of halogens is 4. The quantitative estimate of drug-likeness (QED) is 0.512. The Kier molecular flexibility index (Phi) is 6.45. The molecule has 11 heteroatoms. The maximum Gasteiger partial charge on any atom is 0.405 e. The van der Waals surface area contributed by atoms with E-state index in [2.05, 4.69) is 25.3 Å². The van der Waals surface area contributed by atoms with E-state index in [9.17, 15) is 18.0 Å². The molecule has 0 fully saturated rings. The Labute approximate surface area is 175 Å². The van der Waals surface area contributed by atoms with Crippen molar-refractivity contribution >= 4 is 34.4 Å². The van der Waals surface area contributed by atoms with Crippen molar-refractivity contribution in [3.05, 3.63) is 35.7 Å². The molecular weight excluding hydrogens is 421 g/mol. The molecule has 7 nitrogen and oxygen atoms in total. The van der Waals surface area contributed by atoms with Crippen molar-refractivity contribution in [2.45, 2.75) is 32.5 Å². The van der Waals surface area contributed by atoms with Crippen LogP contribution in [-0.2, 0) is 4.79 Å². The molecule has 1 unspecified atom stereocenters. The second kappa shape index (κ2) is 8.86. The maximum atomic E-state index is 12.5. The Morgan fingerprint density at radius 1 is 1.33 bits per heavy atom. The number of anilines is 1. The Bertz CT molecular complexity index is 1040. The standard InChI is InChI=1S/C19H20ClF3N6O/c1-3-10(2)15(18(30)27-9-19(21,22)23)28-14-4-5-24-17(29-14)13-8-26-16-12(13)6-11(20)7-25-16/h4-8,10,15H,3,9H2,1-2H3,(H,25,26)(H,27,30)(H,24,28,29)/t10-,15?/m1/s1. The molecule has 3 rings (SSSR count). The van der Waals surface area contributed by atoms with Gasteiger partial charge in [0, 0.05) is 29.5 Å². The van der Waals surface area contributed by atoms with E-state index in [-0.39, 0.29) is 5.92 Å². The van der Waals surface area contributed by atoms with Gasteiger partial charge >= 0.3 is 6.18 Å². The molecule has 160 valence electrons. The number of nitrogens with zero attached hydrogens (tertiary/aromatic N) is 3. The molecule has 0 spiro atoms. The van der Waals surface area contributed by atoms with Gasteiger partial charge in [-0.2, -0.15) is 13.2 Å². The summed E-state index contributed by atoms with van der Waals surface area (Å²) in [7, 11) is 0. The number of amides is 1. The van der Waals surface area contributed by atoms with Crippen molar-refractivity contribution in [3.63, 3.8) is 0 Å². The van der Waals surface area contributed by atoms with Crippen LogP contribution < -0.4 is 10.6 Å². The molecule has 0 aliphatic carbocycles. The summed E-state index contributed by atoms with van der Waals surface area (Å²) in [5, 5.41) is 6.06. The lowest BCUT2D eigenvalue weighted by atomic mass is 9.98. The molecule has 0 aliphatic rings. The summed E-state index contributed by atoms with van der Waals surface area (Å²) in [4.78, 5) is 28.3. The first-order valence-electron chi connectivity index (χ1n) is 9.25. The van der Waals surface area contributed by atoms with Crippen molar-refractivity contribution in [1.29, 1.82) is 0 Å². The number of carbonyl (C=O) groups is 1. The highest BCUT2D eigenvalue weighted by molar-refractivity contribution is 6.31. The van der Waals surface area contributed by atoms with Gasteiger partial charge in [0.25, 0.3) is 0 Å². The van der Waals surface area contributed by atoms with Gasteiger partial charge in [0.1, 0.15) is 24.1 Å². The lowest BCUT2D eigenvalue weighted by molar-refractivity contribution is -0.139. The van der Waals surface area contributed by atoms with Gasteiger partial charge in [-0.15, -0.1) is 0 Å². The van der Waals surface area contributed by atoms with E-state index < -0.39 is 24.7 Å². The molecule has 2 atom stereocenters. The number of alkyl halides is 3. The maximum absolute atomic E-state index is 12.5. The molecule has 30 heavy (non-hydrogen) atoms. The topological polar surface area (TPSA) is 95.6 Å². The number of aromatic amines is 1. The molecule has 1 amide bonds. The minimum absolute atomic E-state index is 0.229. The normalized spacial score (nSPS) is 13.8. The monoisotopic (exact) mass is 440 g/mol. The summed E-state index contributed by atoms with van der Waals surface area (Å²) in [6, 6.07) is 2.39. The van der Waals surface area contributed by atoms with Crippen molar-refractivity contribution < 1.29 is 18.0 Å². The first-order chi connectivity index (χ1) is 14.2. The van der Waals surface area contributed by atoms with E-state index in [1.807, 2.05) is 12.2 Å². The molecule has 0 aromatic carbocycles. The molecule has 3 N–H and O–H groups in total. The number of carbonyl (C=O) groups excluding carboxylic acids is 1. The minimum atomic E-state index is -4.48. The smallest absolute Gasteiger partial charge is 0.358 e. The number of rotatable bonds is 7. The number of hydrogen-bond acceptors (Lipinski definition) is 5. The van der Waals surface area contributed by atoms with Crippen LogP contribution in [0.3, 0.4) is 0 Å². The van der Waals surface area contributed by atoms with E-state index in [1.54, 1.807) is 25.3 Å². The van der Waals surface area contributed by atoms with Gasteiger partial charge in [-0.3, -0.25) is 4.79 Å². The average molecular weight is 441 g/mol. The SMILES string of the molecule is CC[C@@H](C)C(Nc1ccnc(-c2c[nH]c3ncc(Cl)cc23)n1)C(=O)NCC(F)(F)F. The van der Waals surface area contributed by atoms with E-state index >= 15 is 0 Å². The van der Waals surface area contributed by atoms with Crippen LogP contribution in [0.4, 0.5) is 19.0 Å². The molecule has 0 saturated carbocycles. The fourth-order valence-corrected chi connectivity index (χ4v) is 3.05. The lowest BCUT2D eigenvalue weighted by Gasteiger charge is -2.24. The van der Waals surface area contributed by atoms with E-state index in [4.69, 9.17) is 11.6 Å². The minimum Gasteiger partial charge on any atom is -0.358 e. The summed E-state index contributed by atoms with van der Waals surface area (Å²) >= 11 is 6.03. The Balaban J connectivity index is 1.86. The number of aromatic nitrogens is 4. The van der Waals surface area contributed by atoms with Crippen LogP contribution in [0.25, 0.3) is 22.4 Å². The number of hydrogen-bond donors (Lipinski definition) is 3. The van der Waals surface area contributed by atoms with Gasteiger partial charge in [0.05, 0.1) is 5.02 Å². The van der Waals surface area contributed by atoms with E-state index in [1.165, 1.54) is 12.4 Å². The van der Waals surface area contributed by atoms with Crippen molar-refractivity contribution in [2.75, 3.05) is 11.9 Å². The second-order valence-electron chi connectivity index (χ2n) is 6.86. The Morgan fingerprint density at radius 3 is 2.80 bits per heavy atom. The zero-order valence-corrected chi connectivity index (χ0v) is 17.0. The fourth-order valence-electron chi connectivity index (χ4n) is 2.89. The van der Waals surface area contributed by atoms with Gasteiger partial charge in [-0.25, -0.2) is 15.0 Å². The number of nitrogens with one attached hydrogen (secondary N) is 3. The Hall–Kier alpha value is -2.88. The van der Waals surface area contributed by atoms with Gasteiger partial charge in [-0.05, 0) is 18.1 Å². The summed E-state index contributed by atoms with van der Waals surface area (Å²) in [6.45, 7) is 2.24. The van der Waals surface area contributed by atoms with Crippen LogP contribution in [0.1, 0.15) is 20.3 Å². The first kappa shape index (κ1) is 21.8. The fraction of sp³-hybridized carbons (Fsp3) is 0.368. The van der Waals surface area contributed by atoms with Gasteiger partial charge in [0.15, 0.2) is 5.82 Å². The third-order valence-electron chi connectivity index (χ3n) is 4.66. The summed E-state index contributed by atoms with van der Waals surface area (Å²) in [5.74, 6) is -0.302. The Morgan fingerprint density at radius 2 is 2.10 bits per heavy atom. The van der Waals surface area contributed by atoms with Crippen LogP contribution in [0.2, 0.25) is 5.02 Å². The van der Waals surface area contributed by atoms with Gasteiger partial charge < -0.3 is 15.6 Å². The molecule has 0 saturated heterocycles. The van der Waals surface area contributed by atoms with Gasteiger partial charge in [0.2, 0.25) is 5.91 Å². The molecule has 0 bridgehead atoms. The molecular formula is C19H20ClF3N6O. The number of H-pyrrole nitrogens is 1. The van der Waals surface area contributed by atoms with Crippen molar-refractivity contribution in [3.8, 4) is 11.4 Å². The highest BCUT2D eigenvalue weighted by atomic mass is 35.5. The highest BCUT2D eigenvalue weighted by Crippen LogP contribution is 2.28. The summed E-state index contributed by atoms with van der Waals surface area (Å²) in [6.07, 6.45) is 0.807. The number of fused-ring (bicyclic) bond motifs is 1. The largest absolute Gasteiger partial charge is 0.405 e. The molecule has 0 radical (unpaired) electrons. The van der Waals surface area contributed by atoms with E-state index in [0.717, 1.165) is 5.39 Å². The van der Waals surface area contributed by atoms with Gasteiger partial charge in [-0.1, -0.05) is 31.9 Å². The molecule has 0 aliphatic heterocycles. The molecule has 3 aromatic rings. The average Bonchev–Trinajstić information content (AvgIpc) is 3.12. The zero-order chi connectivity index (χ0) is 21.9. The second-order valence-corrected chi connectivity index (χ2v) is 7.29. The van der Waals surface area contributed by atoms with E-state index in [0.29, 0.717) is 34.3 Å². The third kappa shape index (κ3) is 5.18. The molecule has 3 aromatic heterocycles. The van der Waals surface area contributed by atoms with Crippen LogP contribution in [0.15, 0.2) is 30.7 Å². The predicted octanol–water partition coefficient (Wildman–Crippen LogP) is 4.18.